The number of benzene rings is 1. The standard InChI is InChI=1S/C27H25F2N7O2S/c1-14-16(11-31-25(32-14)36-39(4,37)38)21-12-30-13-22(33-21)27-9-8-17(26(27,2)3)15-10-20(34-35-24(15)27)23-18(28)6-5-7-19(23)29/h5-7,10-13,17H,8-9H2,1-4H3,(H,31,32,36)/t17?,27-/m0/s1. The monoisotopic (exact) mass is 549 g/mol. The number of hydrogen-bond donors (Lipinski definition) is 1. The van der Waals surface area contributed by atoms with E-state index >= 15 is 0 Å². The Balaban J connectivity index is 1.45. The lowest BCUT2D eigenvalue weighted by Crippen LogP contribution is -2.38. The van der Waals surface area contributed by atoms with E-state index in [1.165, 1.54) is 24.4 Å². The predicted octanol–water partition coefficient (Wildman–Crippen LogP) is 4.55. The van der Waals surface area contributed by atoms with Gasteiger partial charge in [-0.3, -0.25) is 9.71 Å². The van der Waals surface area contributed by atoms with Crippen LogP contribution in [0.4, 0.5) is 14.7 Å². The molecule has 2 bridgehead atoms. The molecule has 9 nitrogen and oxygen atoms in total. The molecule has 6 rings (SSSR count). The second kappa shape index (κ2) is 8.54. The Bertz CT molecular complexity index is 1740. The van der Waals surface area contributed by atoms with E-state index in [1.807, 2.05) is 0 Å². The Morgan fingerprint density at radius 3 is 2.46 bits per heavy atom. The summed E-state index contributed by atoms with van der Waals surface area (Å²) in [5.41, 5.74) is 3.11. The highest BCUT2D eigenvalue weighted by molar-refractivity contribution is 7.91. The molecule has 0 aliphatic heterocycles. The molecule has 3 aromatic heterocycles. The summed E-state index contributed by atoms with van der Waals surface area (Å²) in [6.07, 6.45) is 7.50. The topological polar surface area (TPSA) is 124 Å². The van der Waals surface area contributed by atoms with Crippen molar-refractivity contribution in [3.63, 3.8) is 0 Å². The van der Waals surface area contributed by atoms with Gasteiger partial charge in [0.25, 0.3) is 0 Å². The second-order valence-electron chi connectivity index (χ2n) is 10.7. The number of anilines is 1. The number of nitrogens with one attached hydrogen (secondary N) is 1. The van der Waals surface area contributed by atoms with Crippen LogP contribution < -0.4 is 4.72 Å². The fraction of sp³-hybridized carbons (Fsp3) is 0.333. The van der Waals surface area contributed by atoms with Gasteiger partial charge in [-0.2, -0.15) is 5.10 Å². The van der Waals surface area contributed by atoms with E-state index in [0.717, 1.165) is 30.4 Å². The smallest absolute Gasteiger partial charge is 0.236 e. The molecule has 0 spiro atoms. The number of sulfonamides is 1. The molecule has 2 aliphatic carbocycles. The molecule has 39 heavy (non-hydrogen) atoms. The Hall–Kier alpha value is -3.93. The van der Waals surface area contributed by atoms with Crippen molar-refractivity contribution in [1.29, 1.82) is 0 Å². The maximum absolute atomic E-state index is 14.5. The molecule has 2 aliphatic rings. The van der Waals surface area contributed by atoms with Crippen molar-refractivity contribution in [1.82, 2.24) is 30.1 Å². The third-order valence-corrected chi connectivity index (χ3v) is 8.76. The van der Waals surface area contributed by atoms with Crippen LogP contribution in [0, 0.1) is 24.0 Å². The van der Waals surface area contributed by atoms with Crippen molar-refractivity contribution < 1.29 is 17.2 Å². The lowest BCUT2D eigenvalue weighted by molar-refractivity contribution is 0.242. The van der Waals surface area contributed by atoms with Gasteiger partial charge in [-0.05, 0) is 54.9 Å². The number of halogens is 2. The van der Waals surface area contributed by atoms with Gasteiger partial charge in [-0.1, -0.05) is 19.9 Å². The van der Waals surface area contributed by atoms with E-state index in [0.29, 0.717) is 22.6 Å². The summed E-state index contributed by atoms with van der Waals surface area (Å²) in [5.74, 6) is -1.30. The summed E-state index contributed by atoms with van der Waals surface area (Å²) < 4.78 is 54.5. The van der Waals surface area contributed by atoms with Crippen LogP contribution in [-0.4, -0.2) is 44.8 Å². The van der Waals surface area contributed by atoms with Crippen molar-refractivity contribution in [2.75, 3.05) is 11.0 Å². The zero-order valence-corrected chi connectivity index (χ0v) is 22.5. The van der Waals surface area contributed by atoms with Gasteiger partial charge in [0.05, 0.1) is 51.9 Å². The van der Waals surface area contributed by atoms with Crippen molar-refractivity contribution in [2.45, 2.75) is 44.9 Å². The summed E-state index contributed by atoms with van der Waals surface area (Å²) in [6, 6.07) is 5.51. The molecule has 0 saturated heterocycles. The van der Waals surface area contributed by atoms with E-state index in [2.05, 4.69) is 43.7 Å². The van der Waals surface area contributed by atoms with Crippen LogP contribution in [0.3, 0.4) is 0 Å². The maximum atomic E-state index is 14.5. The Kier molecular flexibility index (Phi) is 5.55. The normalized spacial score (nSPS) is 21.1. The molecule has 3 heterocycles. The first kappa shape index (κ1) is 25.4. The molecule has 1 saturated carbocycles. The zero-order valence-electron chi connectivity index (χ0n) is 21.7. The Labute approximate surface area is 224 Å². The minimum Gasteiger partial charge on any atom is -0.261 e. The highest BCUT2D eigenvalue weighted by atomic mass is 32.2. The molecule has 2 atom stereocenters. The number of rotatable bonds is 5. The van der Waals surface area contributed by atoms with E-state index in [4.69, 9.17) is 4.98 Å². The molecular formula is C27H25F2N7O2S. The van der Waals surface area contributed by atoms with Gasteiger partial charge >= 0.3 is 0 Å². The zero-order chi connectivity index (χ0) is 27.7. The first-order valence-corrected chi connectivity index (χ1v) is 14.3. The van der Waals surface area contributed by atoms with Crippen LogP contribution in [-0.2, 0) is 15.4 Å². The van der Waals surface area contributed by atoms with Gasteiger partial charge in [0.1, 0.15) is 11.6 Å². The minimum absolute atomic E-state index is 0.0247. The first-order valence-electron chi connectivity index (χ1n) is 12.4. The van der Waals surface area contributed by atoms with Crippen LogP contribution in [0.1, 0.15) is 55.3 Å². The van der Waals surface area contributed by atoms with Gasteiger partial charge in [0.15, 0.2) is 0 Å². The Morgan fingerprint density at radius 2 is 1.77 bits per heavy atom. The predicted molar refractivity (Wildman–Crippen MR) is 140 cm³/mol. The molecule has 1 unspecified atom stereocenters. The van der Waals surface area contributed by atoms with E-state index in [9.17, 15) is 17.2 Å². The third kappa shape index (κ3) is 3.80. The lowest BCUT2D eigenvalue weighted by Gasteiger charge is -2.37. The SMILES string of the molecule is Cc1nc(NS(C)(=O)=O)ncc1-c1cncc([C@@]23CCC(c4cc(-c5c(F)cccc5F)nnc42)C3(C)C)n1. The van der Waals surface area contributed by atoms with Crippen molar-refractivity contribution >= 4 is 16.0 Å². The summed E-state index contributed by atoms with van der Waals surface area (Å²) in [7, 11) is -3.52. The maximum Gasteiger partial charge on any atom is 0.236 e. The van der Waals surface area contributed by atoms with Crippen LogP contribution >= 0.6 is 0 Å². The number of hydrogen-bond acceptors (Lipinski definition) is 8. The number of aromatic nitrogens is 6. The van der Waals surface area contributed by atoms with Crippen molar-refractivity contribution in [2.24, 2.45) is 5.41 Å². The van der Waals surface area contributed by atoms with Crippen LogP contribution in [0.15, 0.2) is 42.9 Å². The summed E-state index contributed by atoms with van der Waals surface area (Å²) in [6.45, 7) is 6.06. The summed E-state index contributed by atoms with van der Waals surface area (Å²) >= 11 is 0. The summed E-state index contributed by atoms with van der Waals surface area (Å²) in [4.78, 5) is 17.9. The highest BCUT2D eigenvalue weighted by Gasteiger charge is 2.65. The molecule has 0 amide bonds. The molecule has 1 fully saturated rings. The van der Waals surface area contributed by atoms with E-state index in [-0.39, 0.29) is 28.5 Å². The van der Waals surface area contributed by atoms with Gasteiger partial charge in [-0.25, -0.2) is 32.2 Å². The first-order chi connectivity index (χ1) is 18.4. The quantitative estimate of drug-likeness (QED) is 0.385. The molecule has 0 radical (unpaired) electrons. The Morgan fingerprint density at radius 1 is 1.03 bits per heavy atom. The number of fused-ring (bicyclic) bond motifs is 5. The third-order valence-electron chi connectivity index (χ3n) is 8.20. The van der Waals surface area contributed by atoms with Gasteiger partial charge in [0.2, 0.25) is 16.0 Å². The van der Waals surface area contributed by atoms with Crippen LogP contribution in [0.25, 0.3) is 22.5 Å². The van der Waals surface area contributed by atoms with E-state index in [1.54, 1.807) is 25.4 Å². The largest absolute Gasteiger partial charge is 0.261 e. The fourth-order valence-electron chi connectivity index (χ4n) is 6.39. The fourth-order valence-corrected chi connectivity index (χ4v) is 6.82. The van der Waals surface area contributed by atoms with Crippen LogP contribution in [0.2, 0.25) is 0 Å². The molecular weight excluding hydrogens is 524 g/mol. The number of nitrogens with zero attached hydrogens (tertiary/aromatic N) is 6. The lowest BCUT2D eigenvalue weighted by atomic mass is 9.66. The minimum atomic E-state index is -3.52. The average molecular weight is 550 g/mol. The second-order valence-corrected chi connectivity index (χ2v) is 12.5. The van der Waals surface area contributed by atoms with Gasteiger partial charge < -0.3 is 0 Å². The van der Waals surface area contributed by atoms with E-state index < -0.39 is 27.1 Å². The van der Waals surface area contributed by atoms with Crippen molar-refractivity contribution in [3.05, 3.63) is 77.1 Å². The number of aryl methyl sites for hydroxylation is 1. The molecule has 1 N–H and O–H groups in total. The average Bonchev–Trinajstić information content (AvgIpc) is 3.24. The van der Waals surface area contributed by atoms with Crippen molar-refractivity contribution in [3.8, 4) is 22.5 Å². The molecule has 4 aromatic rings. The van der Waals surface area contributed by atoms with Gasteiger partial charge in [-0.15, -0.1) is 5.10 Å². The molecule has 1 aromatic carbocycles. The molecule has 12 heteroatoms. The molecule has 200 valence electrons. The summed E-state index contributed by atoms with van der Waals surface area (Å²) in [5, 5.41) is 8.85. The van der Waals surface area contributed by atoms with Gasteiger partial charge in [0, 0.05) is 18.0 Å². The van der Waals surface area contributed by atoms with Crippen LogP contribution in [0.5, 0.6) is 0 Å². The highest BCUT2D eigenvalue weighted by Crippen LogP contribution is 2.69.